The summed E-state index contributed by atoms with van der Waals surface area (Å²) in [6.45, 7) is 5.03. The minimum absolute atomic E-state index is 0.239. The number of alkyl halides is 6. The van der Waals surface area contributed by atoms with Crippen molar-refractivity contribution in [1.29, 1.82) is 0 Å². The molecule has 360 valence electrons. The summed E-state index contributed by atoms with van der Waals surface area (Å²) in [4.78, 5) is 26.6. The van der Waals surface area contributed by atoms with E-state index in [9.17, 15) is 26.3 Å². The second-order valence-electron chi connectivity index (χ2n) is 16.8. The van der Waals surface area contributed by atoms with Crippen molar-refractivity contribution in [2.45, 2.75) is 76.8 Å². The van der Waals surface area contributed by atoms with E-state index < -0.39 is 35.3 Å². The maximum atomic E-state index is 13.6. The largest absolute Gasteiger partial charge is 0.493 e. The standard InChI is InChI=1S/2C25H23F3N6O/c2*1-16-14-33(15-30-16)24-21(35-2)12-17(13-29-24)9-10-22-31-23-19(7-5-11-34(23)32-22)18-6-3-4-8-20(18)25(26,27)28/h2*3-4,6,8-10,12-15,19H,5,7,11H2,1-2H3/b2*10-9+/t2*19-/m10/s1. The molecule has 2 aliphatic rings. The van der Waals surface area contributed by atoms with Gasteiger partial charge in [0.25, 0.3) is 0 Å². The highest BCUT2D eigenvalue weighted by Crippen LogP contribution is 2.42. The first-order valence-corrected chi connectivity index (χ1v) is 22.3. The van der Waals surface area contributed by atoms with Crippen LogP contribution in [-0.4, -0.2) is 72.8 Å². The van der Waals surface area contributed by atoms with Crippen molar-refractivity contribution in [2.75, 3.05) is 14.2 Å². The first-order valence-electron chi connectivity index (χ1n) is 22.3. The zero-order chi connectivity index (χ0) is 49.2. The highest BCUT2D eigenvalue weighted by atomic mass is 19.4. The number of aryl methyl sites for hydroxylation is 4. The van der Waals surface area contributed by atoms with E-state index in [-0.39, 0.29) is 11.1 Å². The molecule has 0 saturated heterocycles. The maximum absolute atomic E-state index is 13.6. The average molecular weight is 961 g/mol. The van der Waals surface area contributed by atoms with Gasteiger partial charge in [-0.1, -0.05) is 36.4 Å². The molecule has 2 aliphatic heterocycles. The Hall–Kier alpha value is -7.90. The topological polar surface area (TPSA) is 141 Å². The number of pyridine rings is 2. The van der Waals surface area contributed by atoms with Crippen molar-refractivity contribution in [3.05, 3.63) is 166 Å². The number of ether oxygens (including phenoxy) is 2. The lowest BCUT2D eigenvalue weighted by Crippen LogP contribution is -2.21. The van der Waals surface area contributed by atoms with E-state index in [2.05, 4.69) is 40.1 Å². The van der Waals surface area contributed by atoms with Crippen molar-refractivity contribution >= 4 is 24.3 Å². The van der Waals surface area contributed by atoms with Gasteiger partial charge in [-0.05, 0) is 110 Å². The van der Waals surface area contributed by atoms with E-state index in [1.165, 1.54) is 24.3 Å². The Kier molecular flexibility index (Phi) is 13.2. The summed E-state index contributed by atoms with van der Waals surface area (Å²) in [7, 11) is 3.14. The molecule has 0 fully saturated rings. The highest BCUT2D eigenvalue weighted by molar-refractivity contribution is 5.69. The van der Waals surface area contributed by atoms with Crippen molar-refractivity contribution in [3.63, 3.8) is 0 Å². The summed E-state index contributed by atoms with van der Waals surface area (Å²) in [5.41, 5.74) is 2.51. The molecule has 8 heterocycles. The third kappa shape index (κ3) is 10.1. The molecule has 0 amide bonds. The van der Waals surface area contributed by atoms with Gasteiger partial charge in [-0.25, -0.2) is 39.3 Å². The number of hydrogen-bond acceptors (Lipinski definition) is 10. The van der Waals surface area contributed by atoms with Crippen LogP contribution < -0.4 is 9.47 Å². The normalized spacial score (nSPS) is 16.0. The molecule has 70 heavy (non-hydrogen) atoms. The lowest BCUT2D eigenvalue weighted by Gasteiger charge is -2.25. The maximum Gasteiger partial charge on any atom is 0.416 e. The van der Waals surface area contributed by atoms with Crippen LogP contribution >= 0.6 is 0 Å². The van der Waals surface area contributed by atoms with Gasteiger partial charge in [-0.2, -0.15) is 36.5 Å². The van der Waals surface area contributed by atoms with Crippen molar-refractivity contribution in [2.24, 2.45) is 0 Å². The van der Waals surface area contributed by atoms with Gasteiger partial charge in [0, 0.05) is 49.7 Å². The van der Waals surface area contributed by atoms with Gasteiger partial charge < -0.3 is 9.47 Å². The second-order valence-corrected chi connectivity index (χ2v) is 16.8. The smallest absolute Gasteiger partial charge is 0.416 e. The zero-order valence-electron chi connectivity index (χ0n) is 38.4. The second kappa shape index (κ2) is 19.6. The summed E-state index contributed by atoms with van der Waals surface area (Å²) in [6.07, 6.45) is 11.3. The number of nitrogens with zero attached hydrogens (tertiary/aromatic N) is 12. The van der Waals surface area contributed by atoms with Crippen molar-refractivity contribution in [3.8, 4) is 23.1 Å². The molecule has 6 aromatic heterocycles. The molecule has 0 radical (unpaired) electrons. The SMILES string of the molecule is COc1cc(/C=C/c2nc3n(n2)CCC[C@@H]3c2ccccc2C(F)(F)F)cnc1-n1cnc(C)c1.COc1cc(/C=C/c2nc3n(n2)CCC[C@H]3c2ccccc2C(F)(F)F)cnc1-n1cnc(C)c1. The van der Waals surface area contributed by atoms with Crippen LogP contribution in [0.2, 0.25) is 0 Å². The van der Waals surface area contributed by atoms with Crippen LogP contribution in [0, 0.1) is 13.8 Å². The Morgan fingerprint density at radius 2 is 0.986 bits per heavy atom. The fourth-order valence-corrected chi connectivity index (χ4v) is 8.78. The molecule has 20 heteroatoms. The van der Waals surface area contributed by atoms with E-state index in [0.717, 1.165) is 47.5 Å². The molecule has 10 rings (SSSR count). The van der Waals surface area contributed by atoms with E-state index >= 15 is 0 Å². The number of methoxy groups -OCH3 is 2. The first-order chi connectivity index (χ1) is 33.7. The van der Waals surface area contributed by atoms with E-state index in [1.807, 2.05) is 38.4 Å². The van der Waals surface area contributed by atoms with Gasteiger partial charge in [0.1, 0.15) is 24.3 Å². The molecular formula is C50H46F6N12O2. The number of benzene rings is 2. The monoisotopic (exact) mass is 960 g/mol. The number of aromatic nitrogens is 12. The molecule has 0 spiro atoms. The lowest BCUT2D eigenvalue weighted by molar-refractivity contribution is -0.139. The summed E-state index contributed by atoms with van der Waals surface area (Å²) in [5.74, 6) is 3.43. The Morgan fingerprint density at radius 3 is 1.36 bits per heavy atom. The Labute approximate surface area is 398 Å². The zero-order valence-corrected chi connectivity index (χ0v) is 38.4. The number of fused-ring (bicyclic) bond motifs is 2. The lowest BCUT2D eigenvalue weighted by atomic mass is 9.88. The van der Waals surface area contributed by atoms with Crippen LogP contribution in [0.25, 0.3) is 35.9 Å². The number of imidazole rings is 2. The van der Waals surface area contributed by atoms with E-state index in [4.69, 9.17) is 9.47 Å². The number of rotatable bonds is 10. The van der Waals surface area contributed by atoms with Crippen LogP contribution in [-0.2, 0) is 25.4 Å². The van der Waals surface area contributed by atoms with Gasteiger partial charge in [-0.15, -0.1) is 0 Å². The van der Waals surface area contributed by atoms with Crippen LogP contribution in [0.4, 0.5) is 26.3 Å². The van der Waals surface area contributed by atoms with Gasteiger partial charge in [0.2, 0.25) is 0 Å². The predicted molar refractivity (Wildman–Crippen MR) is 248 cm³/mol. The summed E-state index contributed by atoms with van der Waals surface area (Å²) < 4.78 is 99.7. The highest BCUT2D eigenvalue weighted by Gasteiger charge is 2.39. The molecule has 14 nitrogen and oxygen atoms in total. The third-order valence-corrected chi connectivity index (χ3v) is 12.0. The Balaban J connectivity index is 0.000000174. The summed E-state index contributed by atoms with van der Waals surface area (Å²) >= 11 is 0. The van der Waals surface area contributed by atoms with Crippen molar-refractivity contribution < 1.29 is 35.8 Å². The Bertz CT molecular complexity index is 2990. The first kappa shape index (κ1) is 47.2. The van der Waals surface area contributed by atoms with Gasteiger partial charge in [0.15, 0.2) is 34.8 Å². The molecule has 2 atom stereocenters. The van der Waals surface area contributed by atoms with Gasteiger partial charge in [-0.3, -0.25) is 9.13 Å². The fourth-order valence-electron chi connectivity index (χ4n) is 8.78. The molecule has 0 N–H and O–H groups in total. The van der Waals surface area contributed by atoms with Gasteiger partial charge in [0.05, 0.1) is 36.7 Å². The van der Waals surface area contributed by atoms with Crippen LogP contribution in [0.5, 0.6) is 11.5 Å². The minimum Gasteiger partial charge on any atom is -0.493 e. The summed E-state index contributed by atoms with van der Waals surface area (Å²) in [5, 5.41) is 9.03. The molecule has 8 aromatic rings. The van der Waals surface area contributed by atoms with E-state index in [0.29, 0.717) is 72.4 Å². The molecule has 0 bridgehead atoms. The van der Waals surface area contributed by atoms with Crippen molar-refractivity contribution in [1.82, 2.24) is 58.6 Å². The molecule has 0 unspecified atom stereocenters. The summed E-state index contributed by atoms with van der Waals surface area (Å²) in [6, 6.07) is 15.1. The quantitative estimate of drug-likeness (QED) is 0.122. The number of hydrogen-bond donors (Lipinski definition) is 0. The minimum atomic E-state index is -4.42. The van der Waals surface area contributed by atoms with Crippen LogP contribution in [0.3, 0.4) is 0 Å². The Morgan fingerprint density at radius 1 is 0.571 bits per heavy atom. The molecule has 2 aromatic carbocycles. The van der Waals surface area contributed by atoms with Gasteiger partial charge >= 0.3 is 12.4 Å². The average Bonchev–Trinajstić information content (AvgIpc) is 4.19. The van der Waals surface area contributed by atoms with Crippen LogP contribution in [0.1, 0.15) is 106 Å². The predicted octanol–water partition coefficient (Wildman–Crippen LogP) is 10.6. The third-order valence-electron chi connectivity index (χ3n) is 12.0. The fraction of sp³-hybridized carbons (Fsp3) is 0.280. The molecule has 0 aliphatic carbocycles. The van der Waals surface area contributed by atoms with E-state index in [1.54, 1.807) is 94.2 Å². The number of halogens is 6. The van der Waals surface area contributed by atoms with Crippen LogP contribution in [0.15, 0.2) is 98.1 Å². The molecular weight excluding hydrogens is 915 g/mol. The molecule has 0 saturated carbocycles.